The van der Waals surface area contributed by atoms with Crippen LogP contribution in [0.15, 0.2) is 0 Å². The van der Waals surface area contributed by atoms with Crippen molar-refractivity contribution in [1.29, 1.82) is 0 Å². The van der Waals surface area contributed by atoms with Gasteiger partial charge in [-0.25, -0.2) is 0 Å². The third-order valence-corrected chi connectivity index (χ3v) is 1.02. The van der Waals surface area contributed by atoms with E-state index in [0.717, 1.165) is 5.12 Å². The minimum atomic E-state index is 0. The first-order chi connectivity index (χ1) is 2.79. The minimum Gasteiger partial charge on any atom is -0.147 e. The molecule has 0 N–H and O–H groups in total. The molecule has 1 fully saturated rings. The van der Waals surface area contributed by atoms with Crippen molar-refractivity contribution in [3.8, 4) is 0 Å². The summed E-state index contributed by atoms with van der Waals surface area (Å²) in [6, 6.07) is 0. The Hall–Kier alpha value is 0.180. The molecule has 1 heterocycles. The maximum Gasteiger partial charge on any atom is 0.0329 e. The first-order valence-corrected chi connectivity index (χ1v) is 2.20. The van der Waals surface area contributed by atoms with Gasteiger partial charge in [0.25, 0.3) is 0 Å². The van der Waals surface area contributed by atoms with Crippen molar-refractivity contribution in [3.05, 3.63) is 0 Å². The van der Waals surface area contributed by atoms with Crippen LogP contribution < -0.4 is 0 Å². The summed E-state index contributed by atoms with van der Waals surface area (Å²) in [7, 11) is 0. The van der Waals surface area contributed by atoms with Crippen LogP contribution >= 0.6 is 12.4 Å². The zero-order valence-electron chi connectivity index (χ0n) is 4.22. The molecule has 1 aliphatic rings. The Kier molecular flexibility index (Phi) is 2.54. The van der Waals surface area contributed by atoms with E-state index >= 15 is 0 Å². The van der Waals surface area contributed by atoms with Crippen LogP contribution in [-0.4, -0.2) is 18.2 Å². The van der Waals surface area contributed by atoms with Gasteiger partial charge in [0.05, 0.1) is 0 Å². The second kappa shape index (κ2) is 2.48. The highest BCUT2D eigenvalue weighted by Gasteiger charge is 2.20. The summed E-state index contributed by atoms with van der Waals surface area (Å²) in [5, 5.41) is 0.824. The number of hydrogen-bond donors (Lipinski definition) is 0. The van der Waals surface area contributed by atoms with E-state index in [1.165, 1.54) is 0 Å². The minimum absolute atomic E-state index is 0. The highest BCUT2D eigenvalue weighted by molar-refractivity contribution is 5.85. The van der Waals surface area contributed by atoms with E-state index in [2.05, 4.69) is 0 Å². The molecule has 0 radical (unpaired) electrons. The molecule has 1 aliphatic heterocycles. The third-order valence-electron chi connectivity index (χ3n) is 1.02. The average molecular weight is 126 g/mol. The Bertz CT molecular complexity index is 47.7. The van der Waals surface area contributed by atoms with E-state index in [1.807, 2.05) is 6.92 Å². The molecule has 0 bridgehead atoms. The summed E-state index contributed by atoms with van der Waals surface area (Å²) >= 11 is 0. The Labute approximate surface area is 48.8 Å². The Morgan fingerprint density at radius 1 is 1.57 bits per heavy atom. The molecular formula is C4H9ClFN. The van der Waals surface area contributed by atoms with Gasteiger partial charge >= 0.3 is 0 Å². The van der Waals surface area contributed by atoms with Crippen LogP contribution in [0.1, 0.15) is 6.92 Å². The molecule has 0 unspecified atom stereocenters. The number of hydrogen-bond acceptors (Lipinski definition) is 1. The topological polar surface area (TPSA) is 3.24 Å². The van der Waals surface area contributed by atoms with Crippen molar-refractivity contribution in [2.45, 2.75) is 6.92 Å². The van der Waals surface area contributed by atoms with E-state index in [0.29, 0.717) is 19.0 Å². The van der Waals surface area contributed by atoms with Crippen molar-refractivity contribution < 1.29 is 4.48 Å². The quantitative estimate of drug-likeness (QED) is 0.441. The molecule has 7 heavy (non-hydrogen) atoms. The molecule has 0 amide bonds. The first-order valence-electron chi connectivity index (χ1n) is 2.20. The predicted octanol–water partition coefficient (Wildman–Crippen LogP) is 1.24. The smallest absolute Gasteiger partial charge is 0.0329 e. The summed E-state index contributed by atoms with van der Waals surface area (Å²) in [5.41, 5.74) is 0. The molecule has 0 aromatic heterocycles. The van der Waals surface area contributed by atoms with Gasteiger partial charge in [0.15, 0.2) is 0 Å². The fourth-order valence-corrected chi connectivity index (χ4v) is 0.623. The van der Waals surface area contributed by atoms with Crippen molar-refractivity contribution in [2.75, 3.05) is 13.1 Å². The fourth-order valence-electron chi connectivity index (χ4n) is 0.623. The number of rotatable bonds is 0. The van der Waals surface area contributed by atoms with Crippen LogP contribution in [0.25, 0.3) is 0 Å². The summed E-state index contributed by atoms with van der Waals surface area (Å²) in [4.78, 5) is 0. The highest BCUT2D eigenvalue weighted by atomic mass is 35.5. The largest absolute Gasteiger partial charge is 0.147 e. The lowest BCUT2D eigenvalue weighted by atomic mass is 10.1. The van der Waals surface area contributed by atoms with Gasteiger partial charge in [0.1, 0.15) is 0 Å². The van der Waals surface area contributed by atoms with E-state index in [1.54, 1.807) is 0 Å². The molecule has 0 aromatic carbocycles. The second-order valence-electron chi connectivity index (χ2n) is 1.93. The lowest BCUT2D eigenvalue weighted by Crippen LogP contribution is -2.38. The van der Waals surface area contributed by atoms with Crippen molar-refractivity contribution in [1.82, 2.24) is 5.12 Å². The van der Waals surface area contributed by atoms with E-state index in [4.69, 9.17) is 0 Å². The zero-order chi connectivity index (χ0) is 4.57. The molecule has 0 saturated carbocycles. The van der Waals surface area contributed by atoms with Crippen LogP contribution in [0, 0.1) is 5.92 Å². The summed E-state index contributed by atoms with van der Waals surface area (Å²) < 4.78 is 11.6. The molecule has 0 aliphatic carbocycles. The predicted molar refractivity (Wildman–Crippen MR) is 29.1 cm³/mol. The molecule has 3 heteroatoms. The Balaban J connectivity index is 0.000000360. The maximum absolute atomic E-state index is 11.6. The van der Waals surface area contributed by atoms with E-state index in [-0.39, 0.29) is 12.4 Å². The Morgan fingerprint density at radius 2 is 2.00 bits per heavy atom. The third kappa shape index (κ3) is 1.61. The molecule has 1 rings (SSSR count). The molecule has 0 spiro atoms. The number of nitrogens with zero attached hydrogens (tertiary/aromatic N) is 1. The van der Waals surface area contributed by atoms with Crippen LogP contribution in [-0.2, 0) is 0 Å². The van der Waals surface area contributed by atoms with Gasteiger partial charge in [-0.15, -0.1) is 22.0 Å². The van der Waals surface area contributed by atoms with Crippen molar-refractivity contribution in [2.24, 2.45) is 5.92 Å². The van der Waals surface area contributed by atoms with E-state index < -0.39 is 0 Å². The lowest BCUT2D eigenvalue weighted by molar-refractivity contribution is -0.0710. The van der Waals surface area contributed by atoms with Gasteiger partial charge < -0.3 is 0 Å². The second-order valence-corrected chi connectivity index (χ2v) is 1.93. The zero-order valence-corrected chi connectivity index (χ0v) is 5.04. The van der Waals surface area contributed by atoms with Crippen molar-refractivity contribution in [3.63, 3.8) is 0 Å². The van der Waals surface area contributed by atoms with Crippen LogP contribution in [0.4, 0.5) is 4.48 Å². The summed E-state index contributed by atoms with van der Waals surface area (Å²) in [6.07, 6.45) is 0. The normalized spacial score (nSPS) is 23.1. The molecule has 0 aromatic rings. The standard InChI is InChI=1S/C4H8FN.ClH/c1-4-2-6(5)3-4;/h4H,2-3H2,1H3;1H. The van der Waals surface area contributed by atoms with E-state index in [9.17, 15) is 4.48 Å². The molecule has 1 nitrogen and oxygen atoms in total. The first kappa shape index (κ1) is 7.18. The highest BCUT2D eigenvalue weighted by Crippen LogP contribution is 2.12. The van der Waals surface area contributed by atoms with Gasteiger partial charge in [0, 0.05) is 13.1 Å². The van der Waals surface area contributed by atoms with Gasteiger partial charge in [-0.05, 0) is 5.92 Å². The van der Waals surface area contributed by atoms with Gasteiger partial charge in [-0.3, -0.25) is 0 Å². The Morgan fingerprint density at radius 3 is 2.00 bits per heavy atom. The lowest BCUT2D eigenvalue weighted by Gasteiger charge is -2.27. The molecule has 1 saturated heterocycles. The average Bonchev–Trinajstić information content (AvgIpc) is 1.33. The monoisotopic (exact) mass is 125 g/mol. The summed E-state index contributed by atoms with van der Waals surface area (Å²) in [6.45, 7) is 3.32. The van der Waals surface area contributed by atoms with Crippen LogP contribution in [0.5, 0.6) is 0 Å². The van der Waals surface area contributed by atoms with Crippen LogP contribution in [0.2, 0.25) is 0 Å². The van der Waals surface area contributed by atoms with Gasteiger partial charge in [-0.1, -0.05) is 6.92 Å². The maximum atomic E-state index is 11.6. The van der Waals surface area contributed by atoms with Crippen LogP contribution in [0.3, 0.4) is 0 Å². The van der Waals surface area contributed by atoms with Crippen molar-refractivity contribution >= 4 is 12.4 Å². The van der Waals surface area contributed by atoms with Gasteiger partial charge in [-0.2, -0.15) is 0 Å². The molecule has 44 valence electrons. The molecular weight excluding hydrogens is 117 g/mol. The fraction of sp³-hybridized carbons (Fsp3) is 1.00. The summed E-state index contributed by atoms with van der Waals surface area (Å²) in [5.74, 6) is 0.593. The number of halogens is 2. The SMILES string of the molecule is CC1CN(F)C1.Cl. The molecule has 0 atom stereocenters. The van der Waals surface area contributed by atoms with Gasteiger partial charge in [0.2, 0.25) is 0 Å².